The fourth-order valence-electron chi connectivity index (χ4n) is 18.4. The Balaban J connectivity index is 1.01. The van der Waals surface area contributed by atoms with Crippen LogP contribution in [-0.4, -0.2) is 427 Å². The van der Waals surface area contributed by atoms with Gasteiger partial charge in [-0.05, 0) is 16.7 Å². The quantitative estimate of drug-likeness (QED) is 0.0788. The maximum atomic E-state index is 15.6. The molecule has 24 rings (SSSR count). The number of methoxy groups -OCH3 is 20. The fourth-order valence-corrected chi connectivity index (χ4v) is 20.0. The Labute approximate surface area is 736 Å². The molecular formula is C86H132N2O36S. The molecule has 3 aromatic carbocycles. The molecule has 2 N–H and O–H groups in total. The Bertz CT molecular complexity index is 3480. The number of hydrogen-bond donors (Lipinski definition) is 2. The summed E-state index contributed by atoms with van der Waals surface area (Å²) in [6.07, 6.45) is -39.7. The van der Waals surface area contributed by atoms with Gasteiger partial charge in [-0.1, -0.05) is 91.0 Å². The zero-order chi connectivity index (χ0) is 89.6. The zero-order valence-corrected chi connectivity index (χ0v) is 76.0. The van der Waals surface area contributed by atoms with E-state index in [1.54, 1.807) is 0 Å². The number of nitrogens with one attached hydrogen (secondary N) is 2. The molecule has 21 saturated heterocycles. The van der Waals surface area contributed by atoms with Crippen LogP contribution in [-0.2, 0) is 175 Å². The van der Waals surface area contributed by atoms with Crippen LogP contribution in [0.1, 0.15) is 23.6 Å². The predicted molar refractivity (Wildman–Crippen MR) is 439 cm³/mol. The van der Waals surface area contributed by atoms with E-state index < -0.39 is 238 Å². The Kier molecular flexibility index (Phi) is 39.9. The molecule has 0 unspecified atom stereocenters. The van der Waals surface area contributed by atoms with Gasteiger partial charge < -0.3 is 172 Å². The minimum Gasteiger partial charge on any atom is -0.382 e. The molecule has 21 aliphatic rings. The lowest BCUT2D eigenvalue weighted by molar-refractivity contribution is -0.402. The number of amides is 2. The number of hydrogen-bond acceptors (Lipinski definition) is 37. The molecule has 3 aromatic rings. The second kappa shape index (κ2) is 49.4. The molecule has 14 bridgehead atoms. The van der Waals surface area contributed by atoms with E-state index in [9.17, 15) is 4.79 Å². The maximum Gasteiger partial charge on any atom is 0.243 e. The third-order valence-corrected chi connectivity index (χ3v) is 25.8. The highest BCUT2D eigenvalue weighted by atomic mass is 32.2. The number of thioether (sulfide) groups is 1. The van der Waals surface area contributed by atoms with Crippen molar-refractivity contribution >= 4 is 23.6 Å². The summed E-state index contributed by atoms with van der Waals surface area (Å²) in [5, 5.41) is 6.11. The first-order chi connectivity index (χ1) is 60.8. The summed E-state index contributed by atoms with van der Waals surface area (Å²) in [4.78, 5) is 29.2. The van der Waals surface area contributed by atoms with Crippen molar-refractivity contribution in [3.8, 4) is 0 Å². The Morgan fingerprint density at radius 1 is 0.288 bits per heavy atom. The molecule has 0 radical (unpaired) electrons. The maximum absolute atomic E-state index is 15.6. The minimum absolute atomic E-state index is 0.0519. The molecule has 36 atom stereocenters. The lowest BCUT2D eigenvalue weighted by atomic mass is 9.84. The van der Waals surface area contributed by atoms with E-state index >= 15 is 4.79 Å². The summed E-state index contributed by atoms with van der Waals surface area (Å²) in [6, 6.07) is 28.8. The molecule has 0 aliphatic carbocycles. The average molecular weight is 1800 g/mol. The molecule has 0 spiro atoms. The van der Waals surface area contributed by atoms with E-state index in [1.165, 1.54) is 161 Å². The summed E-state index contributed by atoms with van der Waals surface area (Å²) in [5.74, 6) is -0.994. The van der Waals surface area contributed by atoms with Crippen LogP contribution in [0.2, 0.25) is 0 Å². The molecule has 2 amide bonds. The van der Waals surface area contributed by atoms with Gasteiger partial charge in [0.1, 0.15) is 177 Å². The van der Waals surface area contributed by atoms with Gasteiger partial charge in [-0.3, -0.25) is 9.59 Å². The highest BCUT2D eigenvalue weighted by Crippen LogP contribution is 2.50. The Morgan fingerprint density at radius 3 is 0.664 bits per heavy atom. The smallest absolute Gasteiger partial charge is 0.243 e. The van der Waals surface area contributed by atoms with Gasteiger partial charge in [-0.2, -0.15) is 0 Å². The minimum atomic E-state index is -1.45. The normalized spacial score (nSPS) is 38.9. The van der Waals surface area contributed by atoms with Gasteiger partial charge in [-0.15, -0.1) is 11.8 Å². The summed E-state index contributed by atoms with van der Waals surface area (Å²) in [5.41, 5.74) is 2.81. The zero-order valence-electron chi connectivity index (χ0n) is 75.2. The predicted octanol–water partition coefficient (Wildman–Crippen LogP) is 2.21. The van der Waals surface area contributed by atoms with Crippen LogP contribution in [0, 0.1) is 0 Å². The van der Waals surface area contributed by atoms with Crippen LogP contribution < -0.4 is 10.6 Å². The van der Waals surface area contributed by atoms with Crippen molar-refractivity contribution in [1.29, 1.82) is 0 Å². The summed E-state index contributed by atoms with van der Waals surface area (Å²) in [7, 11) is 29.8. The number of carbonyl (C=O) groups excluding carboxylic acids is 2. The molecule has 0 aromatic heterocycles. The second-order valence-electron chi connectivity index (χ2n) is 31.1. The highest BCUT2D eigenvalue weighted by Gasteiger charge is 2.63. The molecule has 21 fully saturated rings. The number of benzene rings is 3. The van der Waals surface area contributed by atoms with E-state index in [0.29, 0.717) is 0 Å². The number of ether oxygens (including phenoxy) is 34. The van der Waals surface area contributed by atoms with Crippen LogP contribution in [0.3, 0.4) is 0 Å². The molecule has 21 heterocycles. The topological polar surface area (TPSA) is 372 Å². The summed E-state index contributed by atoms with van der Waals surface area (Å²) >= 11 is 1.49. The first-order valence-corrected chi connectivity index (χ1v) is 42.7. The van der Waals surface area contributed by atoms with Gasteiger partial charge in [0, 0.05) is 161 Å². The summed E-state index contributed by atoms with van der Waals surface area (Å²) in [6.45, 7) is 0.419. The van der Waals surface area contributed by atoms with Crippen molar-refractivity contribution in [2.24, 2.45) is 0 Å². The monoisotopic (exact) mass is 1800 g/mol. The van der Waals surface area contributed by atoms with E-state index in [0.717, 1.165) is 16.7 Å². The highest BCUT2D eigenvalue weighted by molar-refractivity contribution is 8.00. The van der Waals surface area contributed by atoms with Crippen molar-refractivity contribution in [2.75, 3.05) is 194 Å². The van der Waals surface area contributed by atoms with Crippen molar-refractivity contribution in [2.45, 2.75) is 233 Å². The fraction of sp³-hybridized carbons (Fsp3) is 0.767. The second-order valence-corrected chi connectivity index (χ2v) is 32.4. The summed E-state index contributed by atoms with van der Waals surface area (Å²) < 4.78 is 224. The van der Waals surface area contributed by atoms with Crippen LogP contribution in [0.15, 0.2) is 91.0 Å². The van der Waals surface area contributed by atoms with Crippen molar-refractivity contribution in [3.05, 3.63) is 108 Å². The van der Waals surface area contributed by atoms with Gasteiger partial charge in [0.2, 0.25) is 11.8 Å². The largest absolute Gasteiger partial charge is 0.382 e. The van der Waals surface area contributed by atoms with Gasteiger partial charge in [0.05, 0.1) is 44.4 Å². The first-order valence-electron chi connectivity index (χ1n) is 41.7. The lowest BCUT2D eigenvalue weighted by Crippen LogP contribution is -2.69. The Morgan fingerprint density at radius 2 is 0.480 bits per heavy atom. The van der Waals surface area contributed by atoms with E-state index in [4.69, 9.17) is 161 Å². The van der Waals surface area contributed by atoms with Gasteiger partial charge in [-0.25, -0.2) is 0 Å². The van der Waals surface area contributed by atoms with Crippen molar-refractivity contribution in [1.82, 2.24) is 10.6 Å². The number of rotatable bonds is 36. The van der Waals surface area contributed by atoms with E-state index in [-0.39, 0.29) is 51.9 Å². The SMILES string of the molecule is COC[C@H]1O[C@@H]2O[C@H]3[C@H](OC)[C@@H](OC)[C@@H](O[C@H]4[C@H](OC)[C@@H](OC)[C@@H](O[C@H]5[C@H](OC)[C@@H](OC)[C@@H](O[C@H]6[C@H](OC)[C@@H](OC)[C@@H](O[C@H]7[C@H](OC)[C@@H](OC)[C@@H](O[C@H]8[C@H](OC)[C@@H](OC)[C@@H](O[C@H]1[C@H](OC)[C@H]2OC)O[C@@H]8CNC(=O)[C@H](CSC(c1ccccc1)(c1ccccc1)c1ccccc1)NC(C)=O)O[C@@H]7COC)O[C@@H]6COC)O[C@@H]5COC)O[C@@H]4COC)O[C@@H]3COC. The van der Waals surface area contributed by atoms with E-state index in [1.807, 2.05) is 91.0 Å². The van der Waals surface area contributed by atoms with Crippen molar-refractivity contribution in [3.63, 3.8) is 0 Å². The molecule has 38 nitrogen and oxygen atoms in total. The van der Waals surface area contributed by atoms with Crippen LogP contribution >= 0.6 is 11.8 Å². The molecule has 125 heavy (non-hydrogen) atoms. The average Bonchev–Trinajstić information content (AvgIpc) is 0.786. The van der Waals surface area contributed by atoms with Crippen molar-refractivity contribution < 1.29 is 171 Å². The van der Waals surface area contributed by atoms with Gasteiger partial charge in [0.25, 0.3) is 0 Å². The van der Waals surface area contributed by atoms with Crippen LogP contribution in [0.25, 0.3) is 0 Å². The lowest BCUT2D eigenvalue weighted by Gasteiger charge is -2.52. The van der Waals surface area contributed by atoms with Gasteiger partial charge in [0.15, 0.2) is 44.0 Å². The molecule has 39 heteroatoms. The van der Waals surface area contributed by atoms with Crippen LogP contribution in [0.4, 0.5) is 0 Å². The number of carbonyl (C=O) groups is 2. The Hall–Kier alpha value is -4.41. The first kappa shape index (κ1) is 101. The molecule has 0 saturated carbocycles. The van der Waals surface area contributed by atoms with Gasteiger partial charge >= 0.3 is 0 Å². The molecule has 21 aliphatic heterocycles. The van der Waals surface area contributed by atoms with Crippen LogP contribution in [0.5, 0.6) is 0 Å². The third-order valence-electron chi connectivity index (χ3n) is 24.2. The molecule has 708 valence electrons. The standard InChI is InChI=1S/C86H132N2O36S/c1-45(89)88-49(44-125-86(46-31-25-22-26-32-46,47-33-27-23-28-34-47)48-35-29-24-30-36-48)78(90)87-37-50-57-64(97-8)71(104-15)79(111-50)119-58-51(38-91-2)113-81(73(106-17)65(58)98-9)121-60-53(40-93-4)115-83(75(108-19)67(60)100-11)123-62-55(42-95-6)117-85(77(110-21)69(62)102-13)124-63-56(43-96-7)116-84(76(109-20)70(63)103-14)122-61-54(41-94-5)114-82(74(107-18)68(61)101-12)120-59-52(39-92-3)112-80(118-57)72(105-16)66(59)99-10/h22-36,49-77,79-85H,37-44H2,1-21H3,(H,87,90)(H,88,89)/t49-,50+,51+,52+,53+,54+,55+,56+,57+,58+,59+,60+,61+,62+,63+,64-,65-,66-,67-,68-,69-,70-,71+,72+,73+,74+,75+,76+,77+,79+,80+,81+,82+,83+,84+,85+/m0/s1. The molecular weight excluding hydrogens is 1670 g/mol. The van der Waals surface area contributed by atoms with E-state index in [2.05, 4.69) is 10.6 Å². The third kappa shape index (κ3) is 22.6.